The lowest BCUT2D eigenvalue weighted by molar-refractivity contribution is -0.131. The molecule has 5 nitrogen and oxygen atoms in total. The Morgan fingerprint density at radius 1 is 0.966 bits per heavy atom. The van der Waals surface area contributed by atoms with Crippen molar-refractivity contribution in [2.75, 3.05) is 0 Å². The number of furan rings is 1. The summed E-state index contributed by atoms with van der Waals surface area (Å²) in [4.78, 5) is 24.7. The fourth-order valence-corrected chi connectivity index (χ4v) is 3.62. The zero-order chi connectivity index (χ0) is 20.5. The van der Waals surface area contributed by atoms with E-state index in [4.69, 9.17) is 9.15 Å². The third-order valence-electron chi connectivity index (χ3n) is 4.96. The van der Waals surface area contributed by atoms with Gasteiger partial charge in [-0.3, -0.25) is 9.59 Å². The van der Waals surface area contributed by atoms with Gasteiger partial charge in [-0.05, 0) is 25.5 Å². The van der Waals surface area contributed by atoms with Crippen LogP contribution in [0.5, 0.6) is 5.75 Å². The Morgan fingerprint density at radius 3 is 2.31 bits per heavy atom. The number of rotatable bonds is 4. The number of fused-ring (bicyclic) bond motifs is 3. The van der Waals surface area contributed by atoms with Crippen LogP contribution in [0.1, 0.15) is 41.6 Å². The summed E-state index contributed by atoms with van der Waals surface area (Å²) in [5, 5.41) is 5.20. The predicted molar refractivity (Wildman–Crippen MR) is 112 cm³/mol. The fraction of sp³-hybridized carbons (Fsp3) is 0.167. The van der Waals surface area contributed by atoms with Gasteiger partial charge in [-0.2, -0.15) is 0 Å². The minimum atomic E-state index is -0.418. The SMILES string of the molecule is CC(=O)Oc1cc2c(C(=O)NC(C)c3ccccc3)c(C)oc2c2ccccc12. The molecule has 1 amide bonds. The Morgan fingerprint density at radius 2 is 1.62 bits per heavy atom. The summed E-state index contributed by atoms with van der Waals surface area (Å²) in [5.74, 6) is 0.273. The van der Waals surface area contributed by atoms with Crippen LogP contribution < -0.4 is 10.1 Å². The highest BCUT2D eigenvalue weighted by Crippen LogP contribution is 2.38. The second-order valence-corrected chi connectivity index (χ2v) is 7.03. The van der Waals surface area contributed by atoms with Crippen molar-refractivity contribution in [1.29, 1.82) is 0 Å². The molecule has 1 aromatic heterocycles. The van der Waals surface area contributed by atoms with Gasteiger partial charge in [0.25, 0.3) is 5.91 Å². The lowest BCUT2D eigenvalue weighted by Gasteiger charge is -2.14. The summed E-state index contributed by atoms with van der Waals surface area (Å²) in [5.41, 5.74) is 2.06. The highest BCUT2D eigenvalue weighted by molar-refractivity contribution is 6.16. The van der Waals surface area contributed by atoms with Crippen molar-refractivity contribution in [2.45, 2.75) is 26.8 Å². The van der Waals surface area contributed by atoms with E-state index in [9.17, 15) is 9.59 Å². The summed E-state index contributed by atoms with van der Waals surface area (Å²) in [7, 11) is 0. The molecule has 0 fully saturated rings. The molecule has 5 heteroatoms. The molecule has 0 spiro atoms. The molecule has 1 atom stereocenters. The van der Waals surface area contributed by atoms with Crippen LogP contribution in [0, 0.1) is 6.92 Å². The van der Waals surface area contributed by atoms with Gasteiger partial charge in [0.1, 0.15) is 17.1 Å². The van der Waals surface area contributed by atoms with Crippen molar-refractivity contribution >= 4 is 33.6 Å². The van der Waals surface area contributed by atoms with E-state index in [1.165, 1.54) is 6.92 Å². The summed E-state index contributed by atoms with van der Waals surface area (Å²) in [6, 6.07) is 18.8. The molecule has 29 heavy (non-hydrogen) atoms. The maximum Gasteiger partial charge on any atom is 0.308 e. The van der Waals surface area contributed by atoms with E-state index >= 15 is 0 Å². The molecule has 0 bridgehead atoms. The van der Waals surface area contributed by atoms with Crippen LogP contribution in [0.15, 0.2) is 65.1 Å². The average Bonchev–Trinajstić information content (AvgIpc) is 3.04. The van der Waals surface area contributed by atoms with E-state index in [0.29, 0.717) is 28.0 Å². The summed E-state index contributed by atoms with van der Waals surface area (Å²) in [6.07, 6.45) is 0. The van der Waals surface area contributed by atoms with Gasteiger partial charge in [-0.25, -0.2) is 0 Å². The van der Waals surface area contributed by atoms with Crippen molar-refractivity contribution in [3.63, 3.8) is 0 Å². The number of carbonyl (C=O) groups excluding carboxylic acids is 2. The van der Waals surface area contributed by atoms with Gasteiger partial charge in [0.05, 0.1) is 11.6 Å². The van der Waals surface area contributed by atoms with Crippen LogP contribution in [0.4, 0.5) is 0 Å². The summed E-state index contributed by atoms with van der Waals surface area (Å²) < 4.78 is 11.4. The quantitative estimate of drug-likeness (QED) is 0.381. The number of carbonyl (C=O) groups is 2. The number of ether oxygens (including phenoxy) is 1. The van der Waals surface area contributed by atoms with Gasteiger partial charge in [0, 0.05) is 23.1 Å². The van der Waals surface area contributed by atoms with Crippen LogP contribution in [0.3, 0.4) is 0 Å². The molecule has 1 unspecified atom stereocenters. The van der Waals surface area contributed by atoms with Crippen molar-refractivity contribution in [1.82, 2.24) is 5.32 Å². The molecular formula is C24H21NO4. The second-order valence-electron chi connectivity index (χ2n) is 7.03. The first-order valence-corrected chi connectivity index (χ1v) is 9.44. The largest absolute Gasteiger partial charge is 0.460 e. The molecule has 4 aromatic rings. The average molecular weight is 387 g/mol. The molecule has 0 radical (unpaired) electrons. The maximum atomic E-state index is 13.1. The monoisotopic (exact) mass is 387 g/mol. The lowest BCUT2D eigenvalue weighted by Crippen LogP contribution is -2.26. The first-order chi connectivity index (χ1) is 14.0. The number of hydrogen-bond acceptors (Lipinski definition) is 4. The van der Waals surface area contributed by atoms with Crippen LogP contribution >= 0.6 is 0 Å². The maximum absolute atomic E-state index is 13.1. The highest BCUT2D eigenvalue weighted by atomic mass is 16.5. The van der Waals surface area contributed by atoms with Gasteiger partial charge >= 0.3 is 5.97 Å². The fourth-order valence-electron chi connectivity index (χ4n) is 3.62. The van der Waals surface area contributed by atoms with Crippen molar-refractivity contribution in [3.05, 3.63) is 77.6 Å². The Labute approximate surface area is 168 Å². The first-order valence-electron chi connectivity index (χ1n) is 9.44. The predicted octanol–water partition coefficient (Wildman–Crippen LogP) is 5.31. The molecule has 1 N–H and O–H groups in total. The number of nitrogens with one attached hydrogen (secondary N) is 1. The van der Waals surface area contributed by atoms with E-state index in [2.05, 4.69) is 5.32 Å². The summed E-state index contributed by atoms with van der Waals surface area (Å²) in [6.45, 7) is 5.06. The van der Waals surface area contributed by atoms with Crippen LogP contribution in [-0.2, 0) is 4.79 Å². The van der Waals surface area contributed by atoms with Gasteiger partial charge in [0.15, 0.2) is 0 Å². The molecule has 0 aliphatic rings. The zero-order valence-corrected chi connectivity index (χ0v) is 16.5. The lowest BCUT2D eigenvalue weighted by atomic mass is 10.0. The van der Waals surface area contributed by atoms with E-state index in [-0.39, 0.29) is 11.9 Å². The Kier molecular flexibility index (Phi) is 4.80. The number of esters is 1. The van der Waals surface area contributed by atoms with Crippen molar-refractivity contribution < 1.29 is 18.7 Å². The highest BCUT2D eigenvalue weighted by Gasteiger charge is 2.23. The molecule has 0 saturated carbocycles. The van der Waals surface area contributed by atoms with Crippen LogP contribution in [-0.4, -0.2) is 11.9 Å². The van der Waals surface area contributed by atoms with Crippen LogP contribution in [0.2, 0.25) is 0 Å². The van der Waals surface area contributed by atoms with E-state index < -0.39 is 5.97 Å². The van der Waals surface area contributed by atoms with Gasteiger partial charge in [-0.1, -0.05) is 54.6 Å². The van der Waals surface area contributed by atoms with Crippen molar-refractivity contribution in [3.8, 4) is 5.75 Å². The zero-order valence-electron chi connectivity index (χ0n) is 16.5. The smallest absolute Gasteiger partial charge is 0.308 e. The van der Waals surface area contributed by atoms with Crippen LogP contribution in [0.25, 0.3) is 21.7 Å². The topological polar surface area (TPSA) is 68.5 Å². The molecule has 0 aliphatic carbocycles. The summed E-state index contributed by atoms with van der Waals surface area (Å²) >= 11 is 0. The molecule has 4 rings (SSSR count). The molecule has 146 valence electrons. The third-order valence-corrected chi connectivity index (χ3v) is 4.96. The first kappa shape index (κ1) is 18.7. The molecule has 1 heterocycles. The third kappa shape index (κ3) is 3.47. The molecule has 3 aromatic carbocycles. The number of amides is 1. The van der Waals surface area contributed by atoms with Gasteiger partial charge < -0.3 is 14.5 Å². The van der Waals surface area contributed by atoms with Crippen molar-refractivity contribution in [2.24, 2.45) is 0 Å². The molecule has 0 aliphatic heterocycles. The standard InChI is InChI=1S/C24H21NO4/c1-14(17-9-5-4-6-10-17)25-24(27)22-15(2)28-23-19-12-8-7-11-18(19)21(13-20(22)23)29-16(3)26/h4-14H,1-3H3,(H,25,27). The van der Waals surface area contributed by atoms with E-state index in [0.717, 1.165) is 16.3 Å². The molecule has 0 saturated heterocycles. The normalized spacial score (nSPS) is 12.1. The number of hydrogen-bond donors (Lipinski definition) is 1. The van der Waals surface area contributed by atoms with E-state index in [1.807, 2.05) is 61.5 Å². The number of aryl methyl sites for hydroxylation is 1. The molecular weight excluding hydrogens is 366 g/mol. The Hall–Kier alpha value is -3.60. The minimum Gasteiger partial charge on any atom is -0.460 e. The Balaban J connectivity index is 1.82. The van der Waals surface area contributed by atoms with Gasteiger partial charge in [0.2, 0.25) is 0 Å². The van der Waals surface area contributed by atoms with E-state index in [1.54, 1.807) is 13.0 Å². The second kappa shape index (κ2) is 7.43. The Bertz CT molecular complexity index is 1220. The number of benzene rings is 3. The van der Waals surface area contributed by atoms with Gasteiger partial charge in [-0.15, -0.1) is 0 Å². The minimum absolute atomic E-state index is 0.165.